The Kier molecular flexibility index (Phi) is 8.59. The molecule has 3 aliphatic heterocycles. The molecule has 1 aromatic carbocycles. The van der Waals surface area contributed by atoms with Crippen LogP contribution in [-0.2, 0) is 6.42 Å². The molecule has 15 heteroatoms. The number of hydrogen-bond acceptors (Lipinski definition) is 9. The monoisotopic (exact) mass is 639 g/mol. The van der Waals surface area contributed by atoms with Crippen LogP contribution < -0.4 is 25.8 Å². The van der Waals surface area contributed by atoms with Crippen LogP contribution in [0, 0.1) is 17.5 Å². The molecule has 2 saturated heterocycles. The molecule has 0 bridgehead atoms. The number of fused-ring (bicyclic) bond motifs is 1. The first kappa shape index (κ1) is 31.4. The number of anilines is 2. The Bertz CT molecular complexity index is 1600. The third kappa shape index (κ3) is 6.03. The molecule has 9 nitrogen and oxygen atoms in total. The Morgan fingerprint density at radius 3 is 2.73 bits per heavy atom. The van der Waals surface area contributed by atoms with Crippen LogP contribution in [0.3, 0.4) is 0 Å². The minimum Gasteiger partial charge on any atom is -0.474 e. The van der Waals surface area contributed by atoms with E-state index >= 15 is 8.78 Å². The van der Waals surface area contributed by atoms with Crippen molar-refractivity contribution in [2.24, 2.45) is 0 Å². The predicted octanol–water partition coefficient (Wildman–Crippen LogP) is 5.02. The minimum absolute atomic E-state index is 0.0294. The van der Waals surface area contributed by atoms with Gasteiger partial charge in [-0.2, -0.15) is 9.97 Å². The second-order valence-electron chi connectivity index (χ2n) is 12.2. The zero-order chi connectivity index (χ0) is 32.0. The molecule has 244 valence electrons. The highest BCUT2D eigenvalue weighted by Gasteiger charge is 2.49. The van der Waals surface area contributed by atoms with Gasteiger partial charge in [0.1, 0.15) is 35.2 Å². The summed E-state index contributed by atoms with van der Waals surface area (Å²) in [6, 6.07) is 0.634. The summed E-state index contributed by atoms with van der Waals surface area (Å²) in [5.41, 5.74) is 2.23. The summed E-state index contributed by atoms with van der Waals surface area (Å²) in [4.78, 5) is 15.3. The van der Waals surface area contributed by atoms with E-state index in [0.29, 0.717) is 26.1 Å². The summed E-state index contributed by atoms with van der Waals surface area (Å²) in [7, 11) is 0. The maximum atomic E-state index is 16.6. The number of alkyl halides is 3. The van der Waals surface area contributed by atoms with Gasteiger partial charge >= 0.3 is 6.01 Å². The number of nitrogens with two attached hydrogens (primary N) is 1. The number of aromatic nitrogens is 3. The van der Waals surface area contributed by atoms with Gasteiger partial charge in [0, 0.05) is 43.1 Å². The van der Waals surface area contributed by atoms with Crippen LogP contribution in [0.5, 0.6) is 11.9 Å². The Labute approximate surface area is 255 Å². The van der Waals surface area contributed by atoms with Crippen molar-refractivity contribution in [3.8, 4) is 23.1 Å². The Balaban J connectivity index is 1.53. The van der Waals surface area contributed by atoms with Crippen LogP contribution in [0.1, 0.15) is 45.1 Å². The third-order valence-electron chi connectivity index (χ3n) is 8.84. The van der Waals surface area contributed by atoms with Gasteiger partial charge in [-0.1, -0.05) is 0 Å². The Morgan fingerprint density at radius 1 is 1.16 bits per heavy atom. The van der Waals surface area contributed by atoms with Crippen LogP contribution in [0.25, 0.3) is 22.2 Å². The highest BCUT2D eigenvalue weighted by molar-refractivity contribution is 5.96. The van der Waals surface area contributed by atoms with Crippen molar-refractivity contribution in [3.63, 3.8) is 0 Å². The van der Waals surface area contributed by atoms with Gasteiger partial charge in [-0.3, -0.25) is 4.90 Å². The molecule has 3 aromatic rings. The van der Waals surface area contributed by atoms with E-state index in [4.69, 9.17) is 15.2 Å². The molecule has 4 N–H and O–H groups in total. The van der Waals surface area contributed by atoms with E-state index in [1.165, 1.54) is 0 Å². The predicted molar refractivity (Wildman–Crippen MR) is 156 cm³/mol. The molecule has 45 heavy (non-hydrogen) atoms. The molecule has 6 rings (SSSR count). The van der Waals surface area contributed by atoms with Gasteiger partial charge in [0.05, 0.1) is 17.3 Å². The fraction of sp³-hybridized carbons (Fsp3) is 0.567. The molecule has 0 spiro atoms. The van der Waals surface area contributed by atoms with Crippen molar-refractivity contribution in [2.75, 3.05) is 43.8 Å². The first-order valence-electron chi connectivity index (χ1n) is 15.1. The van der Waals surface area contributed by atoms with E-state index in [9.17, 15) is 17.6 Å². The molecule has 0 saturated carbocycles. The van der Waals surface area contributed by atoms with Crippen molar-refractivity contribution >= 4 is 22.4 Å². The standard InChI is InChI=1S/C30H35F6N7O2/c1-14-11-39-27-21-26(41-29(42-27)44-13-30-5-3-7-43(30)12-16(31)10-30)24(36)25(40-28(21)45-15(2)4-6-38-14)18-8-19(37)23(35)22(34)17(18)9-20(32)33/h8,14-16,20,38H,3-7,9-13,37H2,1-2H3,(H,39,41,42)/t14?,15-,16+,30?/m0/s1. The van der Waals surface area contributed by atoms with Crippen molar-refractivity contribution in [2.45, 2.75) is 76.2 Å². The number of hydrogen-bond donors (Lipinski definition) is 3. The maximum Gasteiger partial charge on any atom is 0.319 e. The molecular formula is C30H35F6N7O2. The fourth-order valence-electron chi connectivity index (χ4n) is 6.58. The number of pyridine rings is 1. The van der Waals surface area contributed by atoms with Crippen LogP contribution in [0.4, 0.5) is 37.8 Å². The van der Waals surface area contributed by atoms with Crippen molar-refractivity contribution < 1.29 is 35.8 Å². The summed E-state index contributed by atoms with van der Waals surface area (Å²) < 4.78 is 99.7. The number of nitrogen functional groups attached to an aromatic ring is 1. The minimum atomic E-state index is -3.08. The highest BCUT2D eigenvalue weighted by Crippen LogP contribution is 2.42. The second kappa shape index (κ2) is 12.3. The third-order valence-corrected chi connectivity index (χ3v) is 8.84. The number of rotatable bonds is 6. The van der Waals surface area contributed by atoms with Gasteiger partial charge in [-0.15, -0.1) is 0 Å². The molecule has 0 amide bonds. The summed E-state index contributed by atoms with van der Waals surface area (Å²) in [5.74, 6) is -4.26. The molecule has 0 radical (unpaired) electrons. The number of halogens is 6. The normalized spacial score (nSPS) is 25.6. The zero-order valence-electron chi connectivity index (χ0n) is 24.9. The summed E-state index contributed by atoms with van der Waals surface area (Å²) in [5, 5.41) is 6.59. The van der Waals surface area contributed by atoms with Crippen LogP contribution in [0.2, 0.25) is 0 Å². The lowest BCUT2D eigenvalue weighted by molar-refractivity contribution is 0.107. The van der Waals surface area contributed by atoms with Gasteiger partial charge in [0.15, 0.2) is 17.5 Å². The molecule has 3 aliphatic rings. The van der Waals surface area contributed by atoms with E-state index in [1.54, 1.807) is 6.92 Å². The first-order chi connectivity index (χ1) is 21.5. The topological polar surface area (TPSA) is 110 Å². The quantitative estimate of drug-likeness (QED) is 0.253. The number of nitrogens with zero attached hydrogens (tertiary/aromatic N) is 4. The lowest BCUT2D eigenvalue weighted by Gasteiger charge is -2.30. The van der Waals surface area contributed by atoms with E-state index in [2.05, 4.69) is 30.5 Å². The fourth-order valence-corrected chi connectivity index (χ4v) is 6.58. The molecule has 5 heterocycles. The Hall–Kier alpha value is -3.59. The SMILES string of the molecule is CC1CNc2nc(OCC34CCCN3C[C@H](F)C4)nc3c(F)c(-c4cc(N)c(F)c(F)c4CC(F)F)nc(c23)O[C@@H](C)CCN1. The van der Waals surface area contributed by atoms with Gasteiger partial charge in [-0.25, -0.2) is 31.3 Å². The van der Waals surface area contributed by atoms with Crippen LogP contribution in [0.15, 0.2) is 6.07 Å². The summed E-state index contributed by atoms with van der Waals surface area (Å²) >= 11 is 0. The number of nitrogens with one attached hydrogen (secondary N) is 2. The summed E-state index contributed by atoms with van der Waals surface area (Å²) in [6.07, 6.45) is -3.33. The lowest BCUT2D eigenvalue weighted by Crippen LogP contribution is -2.43. The van der Waals surface area contributed by atoms with E-state index in [-0.39, 0.29) is 47.7 Å². The van der Waals surface area contributed by atoms with Crippen molar-refractivity contribution in [1.29, 1.82) is 0 Å². The Morgan fingerprint density at radius 2 is 1.96 bits per heavy atom. The summed E-state index contributed by atoms with van der Waals surface area (Å²) in [6.45, 7) is 5.77. The average molecular weight is 640 g/mol. The largest absolute Gasteiger partial charge is 0.474 e. The smallest absolute Gasteiger partial charge is 0.319 e. The van der Waals surface area contributed by atoms with Crippen LogP contribution >= 0.6 is 0 Å². The highest BCUT2D eigenvalue weighted by atomic mass is 19.3. The van der Waals surface area contributed by atoms with E-state index < -0.39 is 70.6 Å². The lowest BCUT2D eigenvalue weighted by atomic mass is 9.95. The molecule has 2 aromatic heterocycles. The second-order valence-corrected chi connectivity index (χ2v) is 12.2. The molecule has 4 atom stereocenters. The van der Waals surface area contributed by atoms with Gasteiger partial charge in [-0.05, 0) is 52.3 Å². The first-order valence-corrected chi connectivity index (χ1v) is 15.1. The van der Waals surface area contributed by atoms with Gasteiger partial charge in [0.25, 0.3) is 0 Å². The van der Waals surface area contributed by atoms with Crippen molar-refractivity contribution in [1.82, 2.24) is 25.2 Å². The zero-order valence-corrected chi connectivity index (χ0v) is 24.9. The number of benzene rings is 1. The maximum absolute atomic E-state index is 16.6. The molecule has 2 fully saturated rings. The molecule has 0 aliphatic carbocycles. The van der Waals surface area contributed by atoms with Crippen molar-refractivity contribution in [3.05, 3.63) is 29.1 Å². The number of ether oxygens (including phenoxy) is 2. The van der Waals surface area contributed by atoms with Gasteiger partial charge in [0.2, 0.25) is 12.3 Å². The average Bonchev–Trinajstić information content (AvgIpc) is 3.51. The molecule has 2 unspecified atom stereocenters. The van der Waals surface area contributed by atoms with Gasteiger partial charge < -0.3 is 25.8 Å². The van der Waals surface area contributed by atoms with E-state index in [0.717, 1.165) is 25.5 Å². The van der Waals surface area contributed by atoms with E-state index in [1.807, 2.05) is 6.92 Å². The van der Waals surface area contributed by atoms with Crippen LogP contribution in [-0.4, -0.2) is 82.9 Å². The molecular weight excluding hydrogens is 604 g/mol.